The van der Waals surface area contributed by atoms with Gasteiger partial charge in [-0.25, -0.2) is 14.5 Å². The molecule has 0 saturated carbocycles. The fraction of sp³-hybridized carbons (Fsp3) is 0.222. The van der Waals surface area contributed by atoms with Crippen LogP contribution >= 0.6 is 11.8 Å². The van der Waals surface area contributed by atoms with Crippen LogP contribution in [0.15, 0.2) is 52.5 Å². The molecule has 1 amide bonds. The number of carbonyl (C=O) groups excluding carboxylic acids is 1. The number of pyridine rings is 1. The van der Waals surface area contributed by atoms with Crippen molar-refractivity contribution in [2.75, 3.05) is 12.3 Å². The third kappa shape index (κ3) is 4.69. The number of alkyl halides is 3. The first-order valence-corrected chi connectivity index (χ1v) is 9.14. The van der Waals surface area contributed by atoms with Gasteiger partial charge in [0.05, 0.1) is 16.7 Å². The van der Waals surface area contributed by atoms with E-state index in [0.717, 1.165) is 17.3 Å². The number of para-hydroxylation sites is 1. The Kier molecular flexibility index (Phi) is 5.68. The van der Waals surface area contributed by atoms with Gasteiger partial charge in [-0.05, 0) is 30.7 Å². The lowest BCUT2D eigenvalue weighted by molar-refractivity contribution is -0.136. The fourth-order valence-electron chi connectivity index (χ4n) is 2.38. The first-order chi connectivity index (χ1) is 13.2. The Morgan fingerprint density at radius 3 is 2.64 bits per heavy atom. The molecule has 0 atom stereocenters. The summed E-state index contributed by atoms with van der Waals surface area (Å²) in [6, 6.07) is 10.1. The van der Waals surface area contributed by atoms with Crippen molar-refractivity contribution in [2.24, 2.45) is 0 Å². The number of nitrogens with one attached hydrogen (secondary N) is 1. The van der Waals surface area contributed by atoms with Gasteiger partial charge in [-0.1, -0.05) is 30.0 Å². The summed E-state index contributed by atoms with van der Waals surface area (Å²) in [5.74, 6) is -0.826. The fourth-order valence-corrected chi connectivity index (χ4v) is 3.21. The SMILES string of the molecule is Cc1ccc(-n2c(SCC(=O)NCC(F)(F)F)nc3ccccc3c2=O)nc1. The summed E-state index contributed by atoms with van der Waals surface area (Å²) < 4.78 is 38.0. The minimum Gasteiger partial charge on any atom is -0.346 e. The van der Waals surface area contributed by atoms with E-state index in [1.165, 1.54) is 4.57 Å². The van der Waals surface area contributed by atoms with Crippen LogP contribution in [0.5, 0.6) is 0 Å². The molecule has 1 N–H and O–H groups in total. The van der Waals surface area contributed by atoms with Crippen molar-refractivity contribution in [2.45, 2.75) is 18.3 Å². The minimum atomic E-state index is -4.49. The lowest BCUT2D eigenvalue weighted by Gasteiger charge is -2.13. The second kappa shape index (κ2) is 8.01. The molecule has 3 aromatic rings. The van der Waals surface area contributed by atoms with E-state index in [4.69, 9.17) is 0 Å². The Morgan fingerprint density at radius 1 is 1.21 bits per heavy atom. The van der Waals surface area contributed by atoms with Crippen molar-refractivity contribution in [3.8, 4) is 5.82 Å². The molecular weight excluding hydrogens is 393 g/mol. The highest BCUT2D eigenvalue weighted by Crippen LogP contribution is 2.21. The van der Waals surface area contributed by atoms with Crippen LogP contribution in [0.4, 0.5) is 13.2 Å². The summed E-state index contributed by atoms with van der Waals surface area (Å²) in [7, 11) is 0. The molecular formula is C18H15F3N4O2S. The normalized spacial score (nSPS) is 11.6. The number of aromatic nitrogens is 3. The second-order valence-corrected chi connectivity index (χ2v) is 6.87. The van der Waals surface area contributed by atoms with Crippen LogP contribution in [0.3, 0.4) is 0 Å². The number of fused-ring (bicyclic) bond motifs is 1. The Bertz CT molecular complexity index is 1070. The maximum absolute atomic E-state index is 13.0. The van der Waals surface area contributed by atoms with Gasteiger partial charge in [0.25, 0.3) is 5.56 Å². The van der Waals surface area contributed by atoms with Crippen molar-refractivity contribution < 1.29 is 18.0 Å². The topological polar surface area (TPSA) is 76.9 Å². The molecule has 0 fully saturated rings. The van der Waals surface area contributed by atoms with E-state index >= 15 is 0 Å². The van der Waals surface area contributed by atoms with Crippen LogP contribution in [0.2, 0.25) is 0 Å². The third-order valence-electron chi connectivity index (χ3n) is 3.69. The first kappa shape index (κ1) is 19.9. The Balaban J connectivity index is 1.96. The van der Waals surface area contributed by atoms with Gasteiger partial charge in [0, 0.05) is 6.20 Å². The van der Waals surface area contributed by atoms with Crippen molar-refractivity contribution in [3.63, 3.8) is 0 Å². The van der Waals surface area contributed by atoms with E-state index in [1.807, 2.05) is 6.92 Å². The lowest BCUT2D eigenvalue weighted by atomic mass is 10.2. The number of aryl methyl sites for hydroxylation is 1. The molecule has 0 spiro atoms. The number of amides is 1. The van der Waals surface area contributed by atoms with Crippen LogP contribution in [0.25, 0.3) is 16.7 Å². The van der Waals surface area contributed by atoms with Crippen molar-refractivity contribution in [1.82, 2.24) is 19.9 Å². The average molecular weight is 408 g/mol. The molecule has 0 aliphatic rings. The van der Waals surface area contributed by atoms with E-state index in [9.17, 15) is 22.8 Å². The predicted molar refractivity (Wildman–Crippen MR) is 99.7 cm³/mol. The van der Waals surface area contributed by atoms with Gasteiger partial charge in [0.1, 0.15) is 12.4 Å². The van der Waals surface area contributed by atoms with E-state index in [1.54, 1.807) is 47.9 Å². The Hall–Kier alpha value is -2.88. The second-order valence-electron chi connectivity index (χ2n) is 5.93. The van der Waals surface area contributed by atoms with Crippen LogP contribution in [0.1, 0.15) is 5.56 Å². The third-order valence-corrected chi connectivity index (χ3v) is 4.63. The smallest absolute Gasteiger partial charge is 0.346 e. The molecule has 1 aromatic carbocycles. The zero-order valence-corrected chi connectivity index (χ0v) is 15.5. The molecule has 0 saturated heterocycles. The zero-order valence-electron chi connectivity index (χ0n) is 14.7. The number of hydrogen-bond acceptors (Lipinski definition) is 5. The Morgan fingerprint density at radius 2 is 1.96 bits per heavy atom. The van der Waals surface area contributed by atoms with Gasteiger partial charge in [0.2, 0.25) is 5.91 Å². The van der Waals surface area contributed by atoms with Crippen LogP contribution < -0.4 is 10.9 Å². The summed E-state index contributed by atoms with van der Waals surface area (Å²) in [5.41, 5.74) is 0.945. The summed E-state index contributed by atoms with van der Waals surface area (Å²) in [6.45, 7) is 0.433. The van der Waals surface area contributed by atoms with Gasteiger partial charge in [-0.2, -0.15) is 13.2 Å². The molecule has 3 rings (SSSR count). The lowest BCUT2D eigenvalue weighted by Crippen LogP contribution is -2.35. The van der Waals surface area contributed by atoms with E-state index in [2.05, 4.69) is 9.97 Å². The van der Waals surface area contributed by atoms with Crippen molar-refractivity contribution in [1.29, 1.82) is 0 Å². The summed E-state index contributed by atoms with van der Waals surface area (Å²) in [4.78, 5) is 33.3. The molecule has 6 nitrogen and oxygen atoms in total. The zero-order chi connectivity index (χ0) is 20.3. The first-order valence-electron chi connectivity index (χ1n) is 8.16. The highest BCUT2D eigenvalue weighted by molar-refractivity contribution is 7.99. The molecule has 146 valence electrons. The van der Waals surface area contributed by atoms with Gasteiger partial charge < -0.3 is 5.32 Å². The molecule has 28 heavy (non-hydrogen) atoms. The molecule has 0 radical (unpaired) electrons. The largest absolute Gasteiger partial charge is 0.405 e. The molecule has 0 aliphatic carbocycles. The Labute approximate surface area is 161 Å². The predicted octanol–water partition coefficient (Wildman–Crippen LogP) is 2.86. The van der Waals surface area contributed by atoms with Crippen molar-refractivity contribution in [3.05, 3.63) is 58.5 Å². The number of hydrogen-bond donors (Lipinski definition) is 1. The summed E-state index contributed by atoms with van der Waals surface area (Å²) in [5, 5.41) is 2.34. The number of thioether (sulfide) groups is 1. The maximum Gasteiger partial charge on any atom is 0.405 e. The minimum absolute atomic E-state index is 0.169. The van der Waals surface area contributed by atoms with E-state index in [-0.39, 0.29) is 16.5 Å². The molecule has 10 heteroatoms. The number of halogens is 3. The molecule has 0 aliphatic heterocycles. The average Bonchev–Trinajstić information content (AvgIpc) is 2.65. The number of benzene rings is 1. The highest BCUT2D eigenvalue weighted by Gasteiger charge is 2.27. The summed E-state index contributed by atoms with van der Waals surface area (Å²) >= 11 is 0.866. The van der Waals surface area contributed by atoms with E-state index < -0.39 is 18.6 Å². The summed E-state index contributed by atoms with van der Waals surface area (Å²) in [6.07, 6.45) is -2.91. The van der Waals surface area contributed by atoms with Crippen LogP contribution in [-0.2, 0) is 4.79 Å². The molecule has 0 unspecified atom stereocenters. The quantitative estimate of drug-likeness (QED) is 0.519. The maximum atomic E-state index is 13.0. The molecule has 0 bridgehead atoms. The molecule has 2 aromatic heterocycles. The van der Waals surface area contributed by atoms with E-state index in [0.29, 0.717) is 16.7 Å². The number of rotatable bonds is 5. The van der Waals surface area contributed by atoms with Crippen molar-refractivity contribution >= 4 is 28.6 Å². The van der Waals surface area contributed by atoms with Crippen LogP contribution in [-0.4, -0.2) is 38.9 Å². The number of nitrogens with zero attached hydrogens (tertiary/aromatic N) is 3. The van der Waals surface area contributed by atoms with Gasteiger partial charge >= 0.3 is 6.18 Å². The standard InChI is InChI=1S/C18H15F3N4O2S/c1-11-6-7-14(22-8-11)25-16(27)12-4-2-3-5-13(12)24-17(25)28-9-15(26)23-10-18(19,20)21/h2-8H,9-10H2,1H3,(H,23,26). The van der Waals surface area contributed by atoms with Gasteiger partial charge in [0.15, 0.2) is 5.16 Å². The monoisotopic (exact) mass is 408 g/mol. The van der Waals surface area contributed by atoms with Gasteiger partial charge in [-0.15, -0.1) is 0 Å². The molecule has 2 heterocycles. The highest BCUT2D eigenvalue weighted by atomic mass is 32.2. The van der Waals surface area contributed by atoms with Crippen LogP contribution in [0, 0.1) is 6.92 Å². The number of carbonyl (C=O) groups is 1. The van der Waals surface area contributed by atoms with Gasteiger partial charge in [-0.3, -0.25) is 9.59 Å².